The number of phenolic OH excluding ortho intramolecular Hbond substituents is 1. The molecule has 0 aliphatic carbocycles. The molecule has 0 saturated heterocycles. The summed E-state index contributed by atoms with van der Waals surface area (Å²) in [6.07, 6.45) is -10.6. The third-order valence-electron chi connectivity index (χ3n) is 1.92. The molecule has 1 rings (SSSR count). The normalized spacial score (nSPS) is 12.9. The lowest BCUT2D eigenvalue weighted by atomic mass is 10.1. The third kappa shape index (κ3) is 3.61. The van der Waals surface area contributed by atoms with Crippen LogP contribution in [0.15, 0.2) is 12.1 Å². The van der Waals surface area contributed by atoms with E-state index in [4.69, 9.17) is 5.11 Å². The molecule has 0 spiro atoms. The lowest BCUT2D eigenvalue weighted by Crippen LogP contribution is -2.13. The van der Waals surface area contributed by atoms with Crippen LogP contribution in [-0.2, 0) is 12.4 Å². The predicted octanol–water partition coefficient (Wildman–Crippen LogP) is 4.03. The number of halogens is 8. The van der Waals surface area contributed by atoms with E-state index in [2.05, 4.69) is 4.74 Å². The molecule has 0 atom stereocenters. The molecule has 0 aliphatic rings. The van der Waals surface area contributed by atoms with E-state index in [1.165, 1.54) is 0 Å². The van der Waals surface area contributed by atoms with E-state index >= 15 is 0 Å². The van der Waals surface area contributed by atoms with E-state index in [0.29, 0.717) is 0 Å². The van der Waals surface area contributed by atoms with Crippen LogP contribution in [0.25, 0.3) is 0 Å². The highest BCUT2D eigenvalue weighted by Crippen LogP contribution is 2.45. The first-order valence-electron chi connectivity index (χ1n) is 4.39. The van der Waals surface area contributed by atoms with Gasteiger partial charge < -0.3 is 9.84 Å². The molecule has 0 radical (unpaired) electrons. The van der Waals surface area contributed by atoms with Crippen LogP contribution in [0, 0.1) is 0 Å². The van der Waals surface area contributed by atoms with Gasteiger partial charge >= 0.3 is 19.0 Å². The van der Waals surface area contributed by atoms with Gasteiger partial charge in [0.15, 0.2) is 11.5 Å². The summed E-state index contributed by atoms with van der Waals surface area (Å²) in [7, 11) is 0. The predicted molar refractivity (Wildman–Crippen MR) is 44.7 cm³/mol. The summed E-state index contributed by atoms with van der Waals surface area (Å²) in [6, 6.07) is -0.537. The topological polar surface area (TPSA) is 29.5 Å². The molecule has 0 amide bonds. The van der Waals surface area contributed by atoms with Gasteiger partial charge in [0.1, 0.15) is 5.56 Å². The van der Waals surface area contributed by atoms with Crippen molar-refractivity contribution in [2.75, 3.05) is 0 Å². The lowest BCUT2D eigenvalue weighted by Gasteiger charge is -2.16. The minimum Gasteiger partial charge on any atom is -0.504 e. The number of hydrogen-bond acceptors (Lipinski definition) is 2. The lowest BCUT2D eigenvalue weighted by molar-refractivity contribution is -0.144. The summed E-state index contributed by atoms with van der Waals surface area (Å²) in [4.78, 5) is 0. The van der Waals surface area contributed by atoms with Gasteiger partial charge in [-0.15, -0.1) is 0 Å². The minimum atomic E-state index is -5.36. The van der Waals surface area contributed by atoms with Crippen molar-refractivity contribution in [2.45, 2.75) is 19.0 Å². The summed E-state index contributed by atoms with van der Waals surface area (Å²) >= 11 is 0. The third-order valence-corrected chi connectivity index (χ3v) is 1.92. The number of hydrogen-bond donors (Lipinski definition) is 1. The largest absolute Gasteiger partial charge is 0.504 e. The number of ether oxygens (including phenoxy) is 1. The van der Waals surface area contributed by atoms with Crippen LogP contribution in [0.2, 0.25) is 0 Å². The molecule has 1 N–H and O–H groups in total. The maximum atomic E-state index is 12.4. The van der Waals surface area contributed by atoms with Crippen molar-refractivity contribution in [3.8, 4) is 11.5 Å². The maximum absolute atomic E-state index is 12.4. The van der Waals surface area contributed by atoms with Gasteiger partial charge in [-0.25, -0.2) is 0 Å². The quantitative estimate of drug-likeness (QED) is 0.835. The van der Waals surface area contributed by atoms with Crippen LogP contribution in [0.1, 0.15) is 11.1 Å². The molecular formula is C9H4F8O2. The van der Waals surface area contributed by atoms with Gasteiger partial charge in [-0.3, -0.25) is 0 Å². The average Bonchev–Trinajstić information content (AvgIpc) is 2.16. The molecule has 2 nitrogen and oxygen atoms in total. The van der Waals surface area contributed by atoms with Crippen molar-refractivity contribution in [1.29, 1.82) is 0 Å². The second-order valence-corrected chi connectivity index (χ2v) is 3.24. The van der Waals surface area contributed by atoms with Gasteiger partial charge in [-0.2, -0.15) is 35.1 Å². The molecule has 0 fully saturated rings. The van der Waals surface area contributed by atoms with Crippen molar-refractivity contribution in [2.24, 2.45) is 0 Å². The van der Waals surface area contributed by atoms with E-state index < -0.39 is 47.7 Å². The Bertz CT molecular complexity index is 463. The van der Waals surface area contributed by atoms with Crippen molar-refractivity contribution >= 4 is 0 Å². The Morgan fingerprint density at radius 1 is 0.947 bits per heavy atom. The standard InChI is InChI=1S/C9H4F8O2/c10-7(11)19-5-2-3(8(12,13)14)1-4(6(5)18)9(15,16)17/h1-2,7,18H. The Morgan fingerprint density at radius 3 is 1.84 bits per heavy atom. The molecule has 10 heteroatoms. The summed E-state index contributed by atoms with van der Waals surface area (Å²) in [5.41, 5.74) is -3.98. The number of aromatic hydroxyl groups is 1. The van der Waals surface area contributed by atoms with E-state index in [0.717, 1.165) is 0 Å². The summed E-state index contributed by atoms with van der Waals surface area (Å²) in [5, 5.41) is 9.02. The zero-order valence-corrected chi connectivity index (χ0v) is 8.61. The fraction of sp³-hybridized carbons (Fsp3) is 0.333. The van der Waals surface area contributed by atoms with Crippen molar-refractivity contribution in [3.05, 3.63) is 23.3 Å². The van der Waals surface area contributed by atoms with E-state index in [1.54, 1.807) is 0 Å². The molecule has 0 bridgehead atoms. The van der Waals surface area contributed by atoms with Gasteiger partial charge in [0.05, 0.1) is 5.56 Å². The van der Waals surface area contributed by atoms with Crippen LogP contribution < -0.4 is 4.74 Å². The first kappa shape index (κ1) is 15.3. The van der Waals surface area contributed by atoms with E-state index in [9.17, 15) is 35.1 Å². The van der Waals surface area contributed by atoms with Crippen LogP contribution in [0.5, 0.6) is 11.5 Å². The van der Waals surface area contributed by atoms with Crippen LogP contribution in [-0.4, -0.2) is 11.7 Å². The molecule has 1 aromatic rings. The van der Waals surface area contributed by atoms with Gasteiger partial charge in [-0.1, -0.05) is 0 Å². The minimum absolute atomic E-state index is 0.142. The Kier molecular flexibility index (Phi) is 3.82. The van der Waals surface area contributed by atoms with Gasteiger partial charge in [0, 0.05) is 0 Å². The molecule has 19 heavy (non-hydrogen) atoms. The van der Waals surface area contributed by atoms with Crippen molar-refractivity contribution < 1.29 is 45.0 Å². The molecule has 1 aromatic carbocycles. The van der Waals surface area contributed by atoms with E-state index in [-0.39, 0.29) is 6.07 Å². The molecule has 0 unspecified atom stereocenters. The second kappa shape index (κ2) is 4.74. The Balaban J connectivity index is 3.48. The second-order valence-electron chi connectivity index (χ2n) is 3.24. The molecule has 0 aromatic heterocycles. The first-order valence-corrected chi connectivity index (χ1v) is 4.39. The molecule has 0 saturated carbocycles. The van der Waals surface area contributed by atoms with Crippen LogP contribution in [0.4, 0.5) is 35.1 Å². The summed E-state index contributed by atoms with van der Waals surface area (Å²) in [5.74, 6) is -3.43. The zero-order chi connectivity index (χ0) is 15.0. The van der Waals surface area contributed by atoms with Crippen LogP contribution in [0.3, 0.4) is 0 Å². The van der Waals surface area contributed by atoms with Crippen molar-refractivity contribution in [3.63, 3.8) is 0 Å². The number of rotatable bonds is 2. The fourth-order valence-corrected chi connectivity index (χ4v) is 1.17. The van der Waals surface area contributed by atoms with Crippen molar-refractivity contribution in [1.82, 2.24) is 0 Å². The average molecular weight is 296 g/mol. The molecule has 0 heterocycles. The Labute approximate surface area is 99.8 Å². The highest BCUT2D eigenvalue weighted by Gasteiger charge is 2.40. The fourth-order valence-electron chi connectivity index (χ4n) is 1.17. The van der Waals surface area contributed by atoms with Crippen LogP contribution >= 0.6 is 0 Å². The van der Waals surface area contributed by atoms with Gasteiger partial charge in [0.2, 0.25) is 0 Å². The highest BCUT2D eigenvalue weighted by atomic mass is 19.4. The molecule has 108 valence electrons. The highest BCUT2D eigenvalue weighted by molar-refractivity contribution is 5.50. The summed E-state index contributed by atoms with van der Waals surface area (Å²) < 4.78 is 101. The number of alkyl halides is 8. The van der Waals surface area contributed by atoms with E-state index in [1.807, 2.05) is 0 Å². The number of phenols is 1. The SMILES string of the molecule is Oc1c(OC(F)F)cc(C(F)(F)F)cc1C(F)(F)F. The zero-order valence-electron chi connectivity index (χ0n) is 8.61. The summed E-state index contributed by atoms with van der Waals surface area (Å²) in [6.45, 7) is -3.68. The maximum Gasteiger partial charge on any atom is 0.420 e. The Hall–Kier alpha value is -1.74. The first-order chi connectivity index (χ1) is 8.43. The monoisotopic (exact) mass is 296 g/mol. The number of benzene rings is 1. The Morgan fingerprint density at radius 2 is 1.47 bits per heavy atom. The molecule has 0 aliphatic heterocycles. The van der Waals surface area contributed by atoms with Gasteiger partial charge in [0.25, 0.3) is 0 Å². The van der Waals surface area contributed by atoms with Gasteiger partial charge in [-0.05, 0) is 12.1 Å². The molecular weight excluding hydrogens is 292 g/mol. The smallest absolute Gasteiger partial charge is 0.420 e.